The van der Waals surface area contributed by atoms with E-state index in [2.05, 4.69) is 47.1 Å². The van der Waals surface area contributed by atoms with Crippen LogP contribution in [0.1, 0.15) is 30.6 Å². The van der Waals surface area contributed by atoms with Gasteiger partial charge < -0.3 is 19.5 Å². The normalized spacial score (nSPS) is 16.6. The van der Waals surface area contributed by atoms with Gasteiger partial charge in [0.15, 0.2) is 0 Å². The first kappa shape index (κ1) is 27.7. The lowest BCUT2D eigenvalue weighted by molar-refractivity contribution is -0.0719. The van der Waals surface area contributed by atoms with Crippen molar-refractivity contribution in [1.29, 1.82) is 0 Å². The number of halogens is 2. The third-order valence-corrected chi connectivity index (χ3v) is 5.65. The number of aliphatic hydroxyl groups excluding tert-OH is 1. The van der Waals surface area contributed by atoms with E-state index in [4.69, 9.17) is 9.47 Å². The molecule has 0 aromatic heterocycles. The van der Waals surface area contributed by atoms with Crippen LogP contribution in [-0.2, 0) is 11.2 Å². The molecule has 5 nitrogen and oxygen atoms in total. The number of piperazine rings is 1. The summed E-state index contributed by atoms with van der Waals surface area (Å²) in [6.45, 7) is 7.70. The first-order chi connectivity index (χ1) is 14.2. The van der Waals surface area contributed by atoms with E-state index >= 15 is 0 Å². The largest absolute Gasteiger partial charge is 0.497 e. The summed E-state index contributed by atoms with van der Waals surface area (Å²) in [5.41, 5.74) is 2.26. The van der Waals surface area contributed by atoms with Gasteiger partial charge in [0.25, 0.3) is 0 Å². The van der Waals surface area contributed by atoms with E-state index in [9.17, 15) is 5.11 Å². The number of nitrogens with zero attached hydrogens (tertiary/aromatic N) is 2. The highest BCUT2D eigenvalue weighted by molar-refractivity contribution is 5.85. The molecule has 1 fully saturated rings. The molecule has 7 heteroatoms. The minimum Gasteiger partial charge on any atom is -0.497 e. The Bertz CT molecular complexity index is 711. The molecular formula is C24H36Cl2N2O3. The van der Waals surface area contributed by atoms with Crippen molar-refractivity contribution in [3.8, 4) is 5.75 Å². The number of benzene rings is 2. The van der Waals surface area contributed by atoms with Gasteiger partial charge in [-0.3, -0.25) is 4.90 Å². The maximum absolute atomic E-state index is 10.5. The molecule has 1 aliphatic heterocycles. The smallest absolute Gasteiger partial charge is 0.118 e. The first-order valence-corrected chi connectivity index (χ1v) is 10.6. The van der Waals surface area contributed by atoms with Crippen LogP contribution in [0, 0.1) is 0 Å². The van der Waals surface area contributed by atoms with Crippen LogP contribution in [0.25, 0.3) is 0 Å². The number of hydrogen-bond acceptors (Lipinski definition) is 5. The second-order valence-electron chi connectivity index (χ2n) is 7.55. The summed E-state index contributed by atoms with van der Waals surface area (Å²) in [5, 5.41) is 10.5. The van der Waals surface area contributed by atoms with Gasteiger partial charge in [0.05, 0.1) is 13.2 Å². The SMILES string of the molecule is CCOC(Cc1ccccc1)N1CCN(CCC(O)c2ccc(OC)cc2)CC1.Cl.Cl. The van der Waals surface area contributed by atoms with Crippen LogP contribution in [0.4, 0.5) is 0 Å². The zero-order chi connectivity index (χ0) is 20.5. The lowest BCUT2D eigenvalue weighted by atomic mass is 10.1. The van der Waals surface area contributed by atoms with Crippen LogP contribution >= 0.6 is 24.8 Å². The number of ether oxygens (including phenoxy) is 2. The molecule has 2 unspecified atom stereocenters. The second-order valence-corrected chi connectivity index (χ2v) is 7.55. The van der Waals surface area contributed by atoms with E-state index in [0.717, 1.165) is 63.5 Å². The zero-order valence-electron chi connectivity index (χ0n) is 18.5. The molecule has 3 rings (SSSR count). The lowest BCUT2D eigenvalue weighted by Crippen LogP contribution is -2.52. The molecule has 0 radical (unpaired) electrons. The molecule has 1 N–H and O–H groups in total. The van der Waals surface area contributed by atoms with Crippen molar-refractivity contribution in [3.63, 3.8) is 0 Å². The molecule has 0 saturated carbocycles. The summed E-state index contributed by atoms with van der Waals surface area (Å²) in [7, 11) is 1.65. The molecule has 0 spiro atoms. The standard InChI is InChI=1S/C24H34N2O3.2ClH/c1-3-29-24(19-20-7-5-4-6-8-20)26-17-15-25(16-18-26)14-13-23(27)21-9-11-22(28-2)12-10-21;;/h4-12,23-24,27H,3,13-19H2,1-2H3;2*1H. The van der Waals surface area contributed by atoms with E-state index < -0.39 is 6.10 Å². The third-order valence-electron chi connectivity index (χ3n) is 5.65. The number of aliphatic hydroxyl groups is 1. The number of methoxy groups -OCH3 is 1. The lowest BCUT2D eigenvalue weighted by Gasteiger charge is -2.39. The molecule has 1 aliphatic rings. The summed E-state index contributed by atoms with van der Waals surface area (Å²) in [6.07, 6.45) is 1.36. The molecule has 0 bridgehead atoms. The van der Waals surface area contributed by atoms with Crippen molar-refractivity contribution < 1.29 is 14.6 Å². The van der Waals surface area contributed by atoms with Crippen LogP contribution < -0.4 is 4.74 Å². The number of rotatable bonds is 10. The van der Waals surface area contributed by atoms with Gasteiger partial charge in [-0.25, -0.2) is 0 Å². The molecule has 31 heavy (non-hydrogen) atoms. The maximum atomic E-state index is 10.5. The minimum atomic E-state index is -0.437. The van der Waals surface area contributed by atoms with E-state index in [1.165, 1.54) is 5.56 Å². The molecule has 2 atom stereocenters. The van der Waals surface area contributed by atoms with Crippen molar-refractivity contribution in [1.82, 2.24) is 9.80 Å². The fourth-order valence-corrected chi connectivity index (χ4v) is 3.87. The average molecular weight is 471 g/mol. The Morgan fingerprint density at radius 1 is 0.935 bits per heavy atom. The van der Waals surface area contributed by atoms with E-state index in [1.54, 1.807) is 7.11 Å². The van der Waals surface area contributed by atoms with Gasteiger partial charge in [-0.05, 0) is 36.6 Å². The predicted octanol–water partition coefficient (Wildman–Crippen LogP) is 4.19. The third kappa shape index (κ3) is 8.60. The van der Waals surface area contributed by atoms with Gasteiger partial charge in [0.1, 0.15) is 12.0 Å². The highest BCUT2D eigenvalue weighted by atomic mass is 35.5. The van der Waals surface area contributed by atoms with Crippen LogP contribution in [0.2, 0.25) is 0 Å². The van der Waals surface area contributed by atoms with Gasteiger partial charge in [0.2, 0.25) is 0 Å². The summed E-state index contributed by atoms with van der Waals surface area (Å²) >= 11 is 0. The fourth-order valence-electron chi connectivity index (χ4n) is 3.87. The van der Waals surface area contributed by atoms with Gasteiger partial charge in [-0.2, -0.15) is 0 Å². The van der Waals surface area contributed by atoms with Crippen LogP contribution in [0.5, 0.6) is 5.75 Å². The predicted molar refractivity (Wildman–Crippen MR) is 131 cm³/mol. The Morgan fingerprint density at radius 3 is 2.16 bits per heavy atom. The Kier molecular flexibility index (Phi) is 13.1. The summed E-state index contributed by atoms with van der Waals surface area (Å²) < 4.78 is 11.2. The molecule has 174 valence electrons. The molecule has 2 aromatic rings. The molecule has 1 heterocycles. The minimum absolute atomic E-state index is 0. The molecule has 0 amide bonds. The van der Waals surface area contributed by atoms with Crippen molar-refractivity contribution in [2.75, 3.05) is 46.4 Å². The quantitative estimate of drug-likeness (QED) is 0.563. The average Bonchev–Trinajstić information content (AvgIpc) is 2.78. The van der Waals surface area contributed by atoms with E-state index in [1.807, 2.05) is 24.3 Å². The summed E-state index contributed by atoms with van der Waals surface area (Å²) in [4.78, 5) is 4.89. The Hall–Kier alpha value is -1.34. The van der Waals surface area contributed by atoms with Crippen molar-refractivity contribution in [2.45, 2.75) is 32.1 Å². The molecular weight excluding hydrogens is 435 g/mol. The van der Waals surface area contributed by atoms with Crippen molar-refractivity contribution >= 4 is 24.8 Å². The van der Waals surface area contributed by atoms with E-state index in [-0.39, 0.29) is 31.0 Å². The maximum Gasteiger partial charge on any atom is 0.118 e. The Balaban J connectivity index is 0.00000240. The van der Waals surface area contributed by atoms with Crippen molar-refractivity contribution in [3.05, 3.63) is 65.7 Å². The molecule has 0 aliphatic carbocycles. The molecule has 1 saturated heterocycles. The van der Waals surface area contributed by atoms with Gasteiger partial charge in [-0.1, -0.05) is 42.5 Å². The topological polar surface area (TPSA) is 45.2 Å². The van der Waals surface area contributed by atoms with E-state index in [0.29, 0.717) is 0 Å². The Morgan fingerprint density at radius 2 is 1.58 bits per heavy atom. The highest BCUT2D eigenvalue weighted by Crippen LogP contribution is 2.21. The summed E-state index contributed by atoms with van der Waals surface area (Å²) in [6, 6.07) is 18.3. The monoisotopic (exact) mass is 470 g/mol. The van der Waals surface area contributed by atoms with Crippen LogP contribution in [0.3, 0.4) is 0 Å². The van der Waals surface area contributed by atoms with Gasteiger partial charge in [0, 0.05) is 45.8 Å². The zero-order valence-corrected chi connectivity index (χ0v) is 20.1. The fraction of sp³-hybridized carbons (Fsp3) is 0.500. The molecule has 2 aromatic carbocycles. The Labute approximate surface area is 199 Å². The van der Waals surface area contributed by atoms with Gasteiger partial charge >= 0.3 is 0 Å². The van der Waals surface area contributed by atoms with Crippen LogP contribution in [0.15, 0.2) is 54.6 Å². The van der Waals surface area contributed by atoms with Gasteiger partial charge in [-0.15, -0.1) is 24.8 Å². The van der Waals surface area contributed by atoms with Crippen molar-refractivity contribution in [2.24, 2.45) is 0 Å². The number of hydrogen-bond donors (Lipinski definition) is 1. The van der Waals surface area contributed by atoms with Crippen LogP contribution in [-0.4, -0.2) is 67.6 Å². The summed E-state index contributed by atoms with van der Waals surface area (Å²) in [5.74, 6) is 0.816. The highest BCUT2D eigenvalue weighted by Gasteiger charge is 2.24. The first-order valence-electron chi connectivity index (χ1n) is 10.6. The second kappa shape index (κ2) is 14.7.